The predicted molar refractivity (Wildman–Crippen MR) is 91.1 cm³/mol. The van der Waals surface area contributed by atoms with Gasteiger partial charge < -0.3 is 10.6 Å². The second-order valence-electron chi connectivity index (χ2n) is 7.57. The van der Waals surface area contributed by atoms with Gasteiger partial charge in [0.15, 0.2) is 0 Å². The zero-order valence-corrected chi connectivity index (χ0v) is 14.2. The average Bonchev–Trinajstić information content (AvgIpc) is 3.02. The van der Waals surface area contributed by atoms with Crippen LogP contribution in [0.4, 0.5) is 11.5 Å². The van der Waals surface area contributed by atoms with Crippen LogP contribution in [-0.4, -0.2) is 21.6 Å². The Morgan fingerprint density at radius 3 is 2.62 bits per heavy atom. The van der Waals surface area contributed by atoms with Crippen LogP contribution < -0.4 is 10.6 Å². The van der Waals surface area contributed by atoms with Gasteiger partial charge in [-0.1, -0.05) is 18.2 Å². The summed E-state index contributed by atoms with van der Waals surface area (Å²) in [5.41, 5.74) is 2.13. The maximum Gasteiger partial charge on any atom is 0.240 e. The first-order chi connectivity index (χ1) is 11.2. The van der Waals surface area contributed by atoms with Crippen molar-refractivity contribution in [3.8, 4) is 0 Å². The number of fused-ring (bicyclic) bond motifs is 4. The van der Waals surface area contributed by atoms with Crippen molar-refractivity contribution in [1.82, 2.24) is 9.78 Å². The van der Waals surface area contributed by atoms with Crippen LogP contribution in [-0.2, 0) is 20.5 Å². The second-order valence-corrected chi connectivity index (χ2v) is 7.57. The molecule has 2 N–H and O–H groups in total. The Kier molecular flexibility index (Phi) is 2.78. The molecule has 124 valence electrons. The van der Waals surface area contributed by atoms with Crippen LogP contribution in [0.5, 0.6) is 0 Å². The van der Waals surface area contributed by atoms with Gasteiger partial charge in [0.2, 0.25) is 11.8 Å². The first kappa shape index (κ1) is 14.9. The SMILES string of the molecule is Cc1cccc2c1NC(=O)[C@]21CC(=O)Nc2c1cnn2C(C)(C)C. The first-order valence-corrected chi connectivity index (χ1v) is 8.05. The van der Waals surface area contributed by atoms with Crippen LogP contribution in [0.15, 0.2) is 24.4 Å². The van der Waals surface area contributed by atoms with Gasteiger partial charge in [-0.15, -0.1) is 0 Å². The molecular weight excluding hydrogens is 304 g/mol. The number of benzene rings is 1. The number of para-hydroxylation sites is 1. The third kappa shape index (κ3) is 1.74. The number of aromatic nitrogens is 2. The molecule has 1 aromatic heterocycles. The molecule has 2 aliphatic heterocycles. The van der Waals surface area contributed by atoms with Gasteiger partial charge in [-0.05, 0) is 38.8 Å². The van der Waals surface area contributed by atoms with Gasteiger partial charge in [0.1, 0.15) is 11.2 Å². The minimum atomic E-state index is -0.998. The molecule has 2 aliphatic rings. The van der Waals surface area contributed by atoms with E-state index in [1.165, 1.54) is 0 Å². The highest BCUT2D eigenvalue weighted by atomic mass is 16.2. The molecule has 0 saturated heterocycles. The number of aryl methyl sites for hydroxylation is 1. The summed E-state index contributed by atoms with van der Waals surface area (Å²) >= 11 is 0. The van der Waals surface area contributed by atoms with E-state index in [4.69, 9.17) is 0 Å². The fourth-order valence-electron chi connectivity index (χ4n) is 3.78. The molecule has 2 amide bonds. The number of nitrogens with one attached hydrogen (secondary N) is 2. The molecule has 1 spiro atoms. The predicted octanol–water partition coefficient (Wildman–Crippen LogP) is 2.53. The van der Waals surface area contributed by atoms with Gasteiger partial charge in [0, 0.05) is 17.7 Å². The van der Waals surface area contributed by atoms with E-state index in [0.29, 0.717) is 5.82 Å². The van der Waals surface area contributed by atoms with E-state index >= 15 is 0 Å². The normalized spacial score (nSPS) is 22.2. The van der Waals surface area contributed by atoms with Gasteiger partial charge in [0.05, 0.1) is 11.7 Å². The molecule has 6 nitrogen and oxygen atoms in total. The van der Waals surface area contributed by atoms with Crippen LogP contribution in [0, 0.1) is 6.92 Å². The molecule has 6 heteroatoms. The number of carbonyl (C=O) groups is 2. The van der Waals surface area contributed by atoms with E-state index in [2.05, 4.69) is 15.7 Å². The first-order valence-electron chi connectivity index (χ1n) is 8.05. The van der Waals surface area contributed by atoms with Crippen LogP contribution in [0.3, 0.4) is 0 Å². The molecule has 0 saturated carbocycles. The molecule has 1 aromatic carbocycles. The molecule has 24 heavy (non-hydrogen) atoms. The highest BCUT2D eigenvalue weighted by Gasteiger charge is 2.54. The summed E-state index contributed by atoms with van der Waals surface area (Å²) < 4.78 is 1.78. The average molecular weight is 324 g/mol. The van der Waals surface area contributed by atoms with Gasteiger partial charge in [-0.3, -0.25) is 9.59 Å². The number of rotatable bonds is 0. The number of hydrogen-bond donors (Lipinski definition) is 2. The number of hydrogen-bond acceptors (Lipinski definition) is 3. The molecular formula is C18H20N4O2. The Balaban J connectivity index is 2.03. The lowest BCUT2D eigenvalue weighted by Gasteiger charge is -2.33. The largest absolute Gasteiger partial charge is 0.324 e. The zero-order valence-electron chi connectivity index (χ0n) is 14.2. The Bertz CT molecular complexity index is 891. The third-order valence-electron chi connectivity index (χ3n) is 4.91. The van der Waals surface area contributed by atoms with Crippen molar-refractivity contribution in [3.63, 3.8) is 0 Å². The smallest absolute Gasteiger partial charge is 0.240 e. The number of carbonyl (C=O) groups excluding carboxylic acids is 2. The molecule has 0 aliphatic carbocycles. The monoisotopic (exact) mass is 324 g/mol. The molecule has 0 unspecified atom stereocenters. The van der Waals surface area contributed by atoms with Crippen LogP contribution in [0.25, 0.3) is 0 Å². The lowest BCUT2D eigenvalue weighted by atomic mass is 9.71. The van der Waals surface area contributed by atoms with Gasteiger partial charge in [0.25, 0.3) is 0 Å². The van der Waals surface area contributed by atoms with E-state index in [9.17, 15) is 9.59 Å². The van der Waals surface area contributed by atoms with Gasteiger partial charge in [-0.25, -0.2) is 4.68 Å². The Hall–Kier alpha value is -2.63. The molecule has 0 radical (unpaired) electrons. The Labute approximate surface area is 140 Å². The highest BCUT2D eigenvalue weighted by molar-refractivity contribution is 6.14. The third-order valence-corrected chi connectivity index (χ3v) is 4.91. The fraction of sp³-hybridized carbons (Fsp3) is 0.389. The van der Waals surface area contributed by atoms with Crippen molar-refractivity contribution in [2.75, 3.05) is 10.6 Å². The summed E-state index contributed by atoms with van der Waals surface area (Å²) in [7, 11) is 0. The van der Waals surface area contributed by atoms with Crippen LogP contribution in [0.1, 0.15) is 43.9 Å². The van der Waals surface area contributed by atoms with Crippen molar-refractivity contribution >= 4 is 23.3 Å². The zero-order chi connectivity index (χ0) is 17.3. The van der Waals surface area contributed by atoms with E-state index in [-0.39, 0.29) is 23.8 Å². The summed E-state index contributed by atoms with van der Waals surface area (Å²) in [6.07, 6.45) is 1.81. The number of amides is 2. The second kappa shape index (κ2) is 4.47. The molecule has 3 heterocycles. The topological polar surface area (TPSA) is 76.0 Å². The quantitative estimate of drug-likeness (QED) is 0.782. The van der Waals surface area contributed by atoms with Crippen molar-refractivity contribution in [1.29, 1.82) is 0 Å². The molecule has 2 aromatic rings. The van der Waals surface area contributed by atoms with E-state index < -0.39 is 5.41 Å². The summed E-state index contributed by atoms with van der Waals surface area (Å²) in [5.74, 6) is 0.289. The maximum absolute atomic E-state index is 13.0. The summed E-state index contributed by atoms with van der Waals surface area (Å²) in [5, 5.41) is 10.4. The lowest BCUT2D eigenvalue weighted by molar-refractivity contribution is -0.125. The molecule has 0 fully saturated rings. The minimum Gasteiger partial charge on any atom is -0.324 e. The summed E-state index contributed by atoms with van der Waals surface area (Å²) in [4.78, 5) is 25.5. The highest BCUT2D eigenvalue weighted by Crippen LogP contribution is 2.51. The Morgan fingerprint density at radius 1 is 1.17 bits per heavy atom. The summed E-state index contributed by atoms with van der Waals surface area (Å²) in [6, 6.07) is 5.81. The Morgan fingerprint density at radius 2 is 1.92 bits per heavy atom. The maximum atomic E-state index is 13.0. The van der Waals surface area contributed by atoms with Crippen LogP contribution in [0.2, 0.25) is 0 Å². The van der Waals surface area contributed by atoms with Crippen molar-refractivity contribution in [3.05, 3.63) is 41.1 Å². The van der Waals surface area contributed by atoms with E-state index in [0.717, 1.165) is 22.4 Å². The summed E-state index contributed by atoms with van der Waals surface area (Å²) in [6.45, 7) is 8.00. The fourth-order valence-corrected chi connectivity index (χ4v) is 3.78. The number of anilines is 2. The van der Waals surface area contributed by atoms with E-state index in [1.807, 2.05) is 45.9 Å². The standard InChI is InChI=1S/C18H20N4O2/c1-10-6-5-7-11-14(10)21-16(24)18(11)8-13(23)20-15-12(18)9-19-22(15)17(2,3)4/h5-7,9H,8H2,1-4H3,(H,20,23)(H,21,24)/t18-/m1/s1. The lowest BCUT2D eigenvalue weighted by Crippen LogP contribution is -2.44. The van der Waals surface area contributed by atoms with Crippen molar-refractivity contribution < 1.29 is 9.59 Å². The van der Waals surface area contributed by atoms with Crippen molar-refractivity contribution in [2.45, 2.75) is 45.1 Å². The minimum absolute atomic E-state index is 0.0954. The van der Waals surface area contributed by atoms with Gasteiger partial charge >= 0.3 is 0 Å². The van der Waals surface area contributed by atoms with E-state index in [1.54, 1.807) is 10.9 Å². The molecule has 0 bridgehead atoms. The van der Waals surface area contributed by atoms with Gasteiger partial charge in [-0.2, -0.15) is 5.10 Å². The van der Waals surface area contributed by atoms with Crippen LogP contribution >= 0.6 is 0 Å². The molecule has 4 rings (SSSR count). The molecule has 1 atom stereocenters. The number of nitrogens with zero attached hydrogens (tertiary/aromatic N) is 2. The van der Waals surface area contributed by atoms with Crippen molar-refractivity contribution in [2.24, 2.45) is 0 Å².